The zero-order valence-corrected chi connectivity index (χ0v) is 11.5. The summed E-state index contributed by atoms with van der Waals surface area (Å²) in [5, 5.41) is 8.92. The number of hydrogen-bond donors (Lipinski definition) is 1. The number of aliphatic carboxylic acids is 1. The lowest BCUT2D eigenvalue weighted by molar-refractivity contribution is -0.141. The van der Waals surface area contributed by atoms with E-state index in [1.165, 1.54) is 0 Å². The van der Waals surface area contributed by atoms with Crippen LogP contribution in [0.1, 0.15) is 18.4 Å². The van der Waals surface area contributed by atoms with E-state index < -0.39 is 11.9 Å². The minimum atomic E-state index is -0.881. The maximum absolute atomic E-state index is 11.7. The van der Waals surface area contributed by atoms with Crippen molar-refractivity contribution in [2.24, 2.45) is 5.92 Å². The van der Waals surface area contributed by atoms with E-state index in [-0.39, 0.29) is 12.3 Å². The van der Waals surface area contributed by atoms with Crippen LogP contribution in [0.25, 0.3) is 0 Å². The van der Waals surface area contributed by atoms with Crippen LogP contribution in [-0.4, -0.2) is 42.1 Å². The highest BCUT2D eigenvalue weighted by molar-refractivity contribution is 5.86. The average molecular weight is 277 g/mol. The molecule has 20 heavy (non-hydrogen) atoms. The molecule has 1 N–H and O–H groups in total. The van der Waals surface area contributed by atoms with E-state index in [0.717, 1.165) is 24.2 Å². The minimum Gasteiger partial charge on any atom is -0.497 e. The number of carboxylic acid groups (broad SMARTS) is 1. The molecule has 5 nitrogen and oxygen atoms in total. The van der Waals surface area contributed by atoms with E-state index >= 15 is 0 Å². The number of carbonyl (C=O) groups excluding carboxylic acids is 1. The number of carboxylic acids is 1. The summed E-state index contributed by atoms with van der Waals surface area (Å²) in [5.41, 5.74) is 1.16. The van der Waals surface area contributed by atoms with Crippen LogP contribution in [-0.2, 0) is 16.0 Å². The molecule has 0 spiro atoms. The van der Waals surface area contributed by atoms with Gasteiger partial charge in [-0.05, 0) is 30.5 Å². The number of amides is 1. The summed E-state index contributed by atoms with van der Waals surface area (Å²) in [6.45, 7) is 0.950. The SMILES string of the molecule is COc1cccc(CCCN2CC(C(=O)O)CC2=O)c1. The number of aryl methyl sites for hydroxylation is 1. The Kier molecular flexibility index (Phi) is 4.61. The Morgan fingerprint density at radius 2 is 2.30 bits per heavy atom. The molecule has 2 rings (SSSR count). The van der Waals surface area contributed by atoms with Gasteiger partial charge < -0.3 is 14.7 Å². The third kappa shape index (κ3) is 3.50. The third-order valence-electron chi connectivity index (χ3n) is 3.59. The number of carbonyl (C=O) groups is 2. The Hall–Kier alpha value is -2.04. The minimum absolute atomic E-state index is 0.0527. The van der Waals surface area contributed by atoms with Gasteiger partial charge in [0.2, 0.25) is 5.91 Å². The van der Waals surface area contributed by atoms with Crippen molar-refractivity contribution in [1.82, 2.24) is 4.90 Å². The number of likely N-dealkylation sites (tertiary alicyclic amines) is 1. The van der Waals surface area contributed by atoms with Crippen LogP contribution in [0.4, 0.5) is 0 Å². The van der Waals surface area contributed by atoms with Gasteiger partial charge in [-0.15, -0.1) is 0 Å². The highest BCUT2D eigenvalue weighted by Crippen LogP contribution is 2.19. The van der Waals surface area contributed by atoms with Crippen molar-refractivity contribution in [2.45, 2.75) is 19.3 Å². The number of benzene rings is 1. The first-order valence-electron chi connectivity index (χ1n) is 6.73. The van der Waals surface area contributed by atoms with Crippen LogP contribution >= 0.6 is 0 Å². The highest BCUT2D eigenvalue weighted by atomic mass is 16.5. The van der Waals surface area contributed by atoms with Crippen LogP contribution in [0.15, 0.2) is 24.3 Å². The molecule has 1 atom stereocenters. The van der Waals surface area contributed by atoms with Gasteiger partial charge in [-0.2, -0.15) is 0 Å². The molecule has 1 unspecified atom stereocenters. The molecule has 1 aromatic carbocycles. The molecule has 0 bridgehead atoms. The number of nitrogens with zero attached hydrogens (tertiary/aromatic N) is 1. The van der Waals surface area contributed by atoms with E-state index in [2.05, 4.69) is 0 Å². The van der Waals surface area contributed by atoms with Crippen LogP contribution in [0.5, 0.6) is 5.75 Å². The summed E-state index contributed by atoms with van der Waals surface area (Å²) in [7, 11) is 1.63. The van der Waals surface area contributed by atoms with Crippen molar-refractivity contribution in [3.05, 3.63) is 29.8 Å². The Balaban J connectivity index is 1.81. The van der Waals surface area contributed by atoms with Gasteiger partial charge in [-0.1, -0.05) is 12.1 Å². The number of ether oxygens (including phenoxy) is 1. The van der Waals surface area contributed by atoms with Crippen molar-refractivity contribution in [2.75, 3.05) is 20.2 Å². The van der Waals surface area contributed by atoms with Gasteiger partial charge in [0.15, 0.2) is 0 Å². The van der Waals surface area contributed by atoms with Crippen molar-refractivity contribution < 1.29 is 19.4 Å². The Morgan fingerprint density at radius 1 is 1.50 bits per heavy atom. The topological polar surface area (TPSA) is 66.8 Å². The molecule has 1 aromatic rings. The molecule has 1 aliphatic heterocycles. The molecule has 1 fully saturated rings. The molecule has 108 valence electrons. The van der Waals surface area contributed by atoms with Gasteiger partial charge in [0.05, 0.1) is 13.0 Å². The van der Waals surface area contributed by atoms with Crippen molar-refractivity contribution >= 4 is 11.9 Å². The van der Waals surface area contributed by atoms with Crippen LogP contribution in [0, 0.1) is 5.92 Å². The zero-order chi connectivity index (χ0) is 14.5. The smallest absolute Gasteiger partial charge is 0.308 e. The summed E-state index contributed by atoms with van der Waals surface area (Å²) in [6, 6.07) is 7.83. The van der Waals surface area contributed by atoms with E-state index in [4.69, 9.17) is 9.84 Å². The molecule has 0 aliphatic carbocycles. The van der Waals surface area contributed by atoms with Crippen molar-refractivity contribution in [3.63, 3.8) is 0 Å². The monoisotopic (exact) mass is 277 g/mol. The molecule has 0 saturated carbocycles. The van der Waals surface area contributed by atoms with E-state index in [1.54, 1.807) is 12.0 Å². The molecule has 1 saturated heterocycles. The Morgan fingerprint density at radius 3 is 2.95 bits per heavy atom. The van der Waals surface area contributed by atoms with Crippen LogP contribution in [0.3, 0.4) is 0 Å². The third-order valence-corrected chi connectivity index (χ3v) is 3.59. The van der Waals surface area contributed by atoms with E-state index in [1.807, 2.05) is 24.3 Å². The molecule has 0 radical (unpaired) electrons. The second-order valence-electron chi connectivity index (χ2n) is 5.03. The van der Waals surface area contributed by atoms with Gasteiger partial charge in [0, 0.05) is 19.5 Å². The summed E-state index contributed by atoms with van der Waals surface area (Å²) in [6.07, 6.45) is 1.80. The number of hydrogen-bond acceptors (Lipinski definition) is 3. The van der Waals surface area contributed by atoms with Gasteiger partial charge >= 0.3 is 5.97 Å². The van der Waals surface area contributed by atoms with Crippen molar-refractivity contribution in [3.8, 4) is 5.75 Å². The lowest BCUT2D eigenvalue weighted by atomic mass is 10.1. The van der Waals surface area contributed by atoms with Gasteiger partial charge in [0.1, 0.15) is 5.75 Å². The summed E-state index contributed by atoms with van der Waals surface area (Å²) in [4.78, 5) is 24.2. The largest absolute Gasteiger partial charge is 0.497 e. The second-order valence-corrected chi connectivity index (χ2v) is 5.03. The molecule has 5 heteroatoms. The first-order chi connectivity index (χ1) is 9.60. The first-order valence-corrected chi connectivity index (χ1v) is 6.73. The fourth-order valence-corrected chi connectivity index (χ4v) is 2.46. The maximum atomic E-state index is 11.7. The van der Waals surface area contributed by atoms with Gasteiger partial charge in [-0.25, -0.2) is 0 Å². The molecular formula is C15H19NO4. The molecule has 1 heterocycles. The average Bonchev–Trinajstić information content (AvgIpc) is 2.81. The van der Waals surface area contributed by atoms with Crippen LogP contribution < -0.4 is 4.74 Å². The lowest BCUT2D eigenvalue weighted by Crippen LogP contribution is -2.27. The molecule has 0 aromatic heterocycles. The fraction of sp³-hybridized carbons (Fsp3) is 0.467. The molecule has 1 amide bonds. The second kappa shape index (κ2) is 6.41. The van der Waals surface area contributed by atoms with Crippen LogP contribution in [0.2, 0.25) is 0 Å². The maximum Gasteiger partial charge on any atom is 0.308 e. The molecule has 1 aliphatic rings. The Labute approximate surface area is 118 Å². The predicted molar refractivity (Wildman–Crippen MR) is 73.6 cm³/mol. The molecular weight excluding hydrogens is 258 g/mol. The van der Waals surface area contributed by atoms with Crippen molar-refractivity contribution in [1.29, 1.82) is 0 Å². The predicted octanol–water partition coefficient (Wildman–Crippen LogP) is 1.56. The first kappa shape index (κ1) is 14.4. The Bertz CT molecular complexity index is 500. The number of methoxy groups -OCH3 is 1. The van der Waals surface area contributed by atoms with Gasteiger partial charge in [-0.3, -0.25) is 9.59 Å². The normalized spacial score (nSPS) is 18.4. The lowest BCUT2D eigenvalue weighted by Gasteiger charge is -2.15. The van der Waals surface area contributed by atoms with Gasteiger partial charge in [0.25, 0.3) is 0 Å². The quantitative estimate of drug-likeness (QED) is 0.857. The summed E-state index contributed by atoms with van der Waals surface area (Å²) in [5.74, 6) is -0.651. The number of rotatable bonds is 6. The van der Waals surface area contributed by atoms with E-state index in [0.29, 0.717) is 13.1 Å². The fourth-order valence-electron chi connectivity index (χ4n) is 2.46. The summed E-state index contributed by atoms with van der Waals surface area (Å²) < 4.78 is 5.16. The van der Waals surface area contributed by atoms with E-state index in [9.17, 15) is 9.59 Å². The standard InChI is InChI=1S/C15H19NO4/c1-20-13-6-2-4-11(8-13)5-3-7-16-10-12(15(18)19)9-14(16)17/h2,4,6,8,12H,3,5,7,9-10H2,1H3,(H,18,19). The zero-order valence-electron chi connectivity index (χ0n) is 11.5. The summed E-state index contributed by atoms with van der Waals surface area (Å²) >= 11 is 0. The highest BCUT2D eigenvalue weighted by Gasteiger charge is 2.33.